The van der Waals surface area contributed by atoms with Crippen LogP contribution < -0.4 is 10.6 Å². The highest BCUT2D eigenvalue weighted by atomic mass is 35.5. The maximum absolute atomic E-state index is 12.2. The third-order valence-corrected chi connectivity index (χ3v) is 4.05. The molecule has 1 aliphatic rings. The molecule has 0 aromatic heterocycles. The fraction of sp³-hybridized carbons (Fsp3) is 0.562. The number of amides is 1. The molecule has 0 aliphatic carbocycles. The van der Waals surface area contributed by atoms with Gasteiger partial charge < -0.3 is 15.7 Å². The van der Waals surface area contributed by atoms with Crippen molar-refractivity contribution in [3.63, 3.8) is 0 Å². The molecule has 0 saturated carbocycles. The average molecular weight is 313 g/mol. The van der Waals surface area contributed by atoms with Gasteiger partial charge in [0.15, 0.2) is 0 Å². The smallest absolute Gasteiger partial charge is 0.227 e. The molecule has 1 aromatic rings. The lowest BCUT2D eigenvalue weighted by molar-refractivity contribution is -0.131. The van der Waals surface area contributed by atoms with Gasteiger partial charge in [-0.25, -0.2) is 0 Å². The third-order valence-electron chi connectivity index (χ3n) is 4.05. The van der Waals surface area contributed by atoms with Crippen molar-refractivity contribution in [2.75, 3.05) is 19.6 Å². The van der Waals surface area contributed by atoms with Crippen molar-refractivity contribution in [1.82, 2.24) is 10.6 Å². The summed E-state index contributed by atoms with van der Waals surface area (Å²) in [6.07, 6.45) is 2.84. The lowest BCUT2D eigenvalue weighted by atomic mass is 9.82. The van der Waals surface area contributed by atoms with Gasteiger partial charge >= 0.3 is 0 Å². The minimum Gasteiger partial charge on any atom is -0.392 e. The fourth-order valence-electron chi connectivity index (χ4n) is 2.60. The predicted octanol–water partition coefficient (Wildman–Crippen LogP) is 1.65. The van der Waals surface area contributed by atoms with Gasteiger partial charge in [0.2, 0.25) is 5.91 Å². The summed E-state index contributed by atoms with van der Waals surface area (Å²) in [6.45, 7) is 4.55. The molecule has 0 spiro atoms. The number of carbonyl (C=O) groups is 1. The summed E-state index contributed by atoms with van der Waals surface area (Å²) in [7, 11) is 0. The molecule has 4 nitrogen and oxygen atoms in total. The average Bonchev–Trinajstić information content (AvgIpc) is 2.48. The zero-order valence-electron chi connectivity index (χ0n) is 12.5. The van der Waals surface area contributed by atoms with E-state index in [1.807, 2.05) is 31.2 Å². The van der Waals surface area contributed by atoms with Crippen LogP contribution in [-0.2, 0) is 17.8 Å². The van der Waals surface area contributed by atoms with E-state index in [4.69, 9.17) is 5.11 Å². The molecule has 1 heterocycles. The first kappa shape index (κ1) is 18.0. The summed E-state index contributed by atoms with van der Waals surface area (Å²) < 4.78 is 0. The van der Waals surface area contributed by atoms with Gasteiger partial charge in [0.1, 0.15) is 0 Å². The molecule has 1 amide bonds. The molecular formula is C16H25ClN2O2. The monoisotopic (exact) mass is 312 g/mol. The molecule has 3 N–H and O–H groups in total. The molecule has 21 heavy (non-hydrogen) atoms. The lowest BCUT2D eigenvalue weighted by Crippen LogP contribution is -2.49. The lowest BCUT2D eigenvalue weighted by Gasteiger charge is -2.32. The molecule has 1 unspecified atom stereocenters. The second-order valence-corrected chi connectivity index (χ2v) is 5.82. The first-order chi connectivity index (χ1) is 9.64. The van der Waals surface area contributed by atoms with Gasteiger partial charge in [-0.15, -0.1) is 12.4 Å². The normalized spacial score (nSPS) is 21.4. The van der Waals surface area contributed by atoms with Crippen LogP contribution in [0.25, 0.3) is 0 Å². The van der Waals surface area contributed by atoms with Crippen LogP contribution in [0, 0.1) is 5.41 Å². The minimum absolute atomic E-state index is 0. The predicted molar refractivity (Wildman–Crippen MR) is 86.5 cm³/mol. The van der Waals surface area contributed by atoms with E-state index in [0.717, 1.165) is 37.9 Å². The van der Waals surface area contributed by atoms with E-state index >= 15 is 0 Å². The van der Waals surface area contributed by atoms with Crippen molar-refractivity contribution in [2.45, 2.75) is 32.8 Å². The highest BCUT2D eigenvalue weighted by molar-refractivity contribution is 5.85. The molecule has 118 valence electrons. The Bertz CT molecular complexity index is 442. The van der Waals surface area contributed by atoms with E-state index in [-0.39, 0.29) is 30.3 Å². The van der Waals surface area contributed by atoms with Crippen LogP contribution in [-0.4, -0.2) is 30.6 Å². The molecule has 0 bridgehead atoms. The molecule has 5 heteroatoms. The summed E-state index contributed by atoms with van der Waals surface area (Å²) in [5.74, 6) is 0.150. The van der Waals surface area contributed by atoms with Crippen molar-refractivity contribution in [1.29, 1.82) is 0 Å². The van der Waals surface area contributed by atoms with Crippen LogP contribution in [0.2, 0.25) is 0 Å². The topological polar surface area (TPSA) is 61.4 Å². The van der Waals surface area contributed by atoms with Crippen molar-refractivity contribution in [3.05, 3.63) is 35.4 Å². The van der Waals surface area contributed by atoms with E-state index in [1.54, 1.807) is 0 Å². The van der Waals surface area contributed by atoms with Gasteiger partial charge in [-0.05, 0) is 43.9 Å². The summed E-state index contributed by atoms with van der Waals surface area (Å²) in [5, 5.41) is 15.3. The van der Waals surface area contributed by atoms with Gasteiger partial charge in [0.25, 0.3) is 0 Å². The SMILES string of the molecule is CC1(C(=O)NCCc2ccc(CO)cc2)CCCNC1.Cl. The molecule has 0 radical (unpaired) electrons. The molecule has 1 fully saturated rings. The summed E-state index contributed by atoms with van der Waals surface area (Å²) in [4.78, 5) is 12.2. The highest BCUT2D eigenvalue weighted by Gasteiger charge is 2.34. The van der Waals surface area contributed by atoms with Crippen molar-refractivity contribution in [3.8, 4) is 0 Å². The zero-order valence-corrected chi connectivity index (χ0v) is 13.3. The summed E-state index contributed by atoms with van der Waals surface area (Å²) in [5.41, 5.74) is 1.83. The molecule has 1 aromatic carbocycles. The Kier molecular flexibility index (Phi) is 7.15. The molecular weight excluding hydrogens is 288 g/mol. The Morgan fingerprint density at radius 3 is 2.57 bits per heavy atom. The largest absolute Gasteiger partial charge is 0.392 e. The second kappa shape index (κ2) is 8.37. The number of aliphatic hydroxyl groups excluding tert-OH is 1. The number of piperidine rings is 1. The van der Waals surface area contributed by atoms with Crippen LogP contribution in [0.4, 0.5) is 0 Å². The Morgan fingerprint density at radius 1 is 1.33 bits per heavy atom. The Morgan fingerprint density at radius 2 is 2.00 bits per heavy atom. The standard InChI is InChI=1S/C16H24N2O2.ClH/c1-16(8-2-9-17-12-16)15(20)18-10-7-13-3-5-14(11-19)6-4-13;/h3-6,17,19H,2,7-12H2,1H3,(H,18,20);1H. The van der Waals surface area contributed by atoms with E-state index < -0.39 is 0 Å². The molecule has 1 atom stereocenters. The number of hydrogen-bond acceptors (Lipinski definition) is 3. The Hall–Kier alpha value is -1.10. The number of nitrogens with one attached hydrogen (secondary N) is 2. The Balaban J connectivity index is 0.00000220. The first-order valence-electron chi connectivity index (χ1n) is 7.32. The third kappa shape index (κ3) is 4.99. The molecule has 1 aliphatic heterocycles. The molecule has 1 saturated heterocycles. The summed E-state index contributed by atoms with van der Waals surface area (Å²) in [6, 6.07) is 7.84. The van der Waals surface area contributed by atoms with E-state index in [9.17, 15) is 4.79 Å². The number of halogens is 1. The van der Waals surface area contributed by atoms with Gasteiger partial charge in [-0.1, -0.05) is 24.3 Å². The number of benzene rings is 1. The van der Waals surface area contributed by atoms with Crippen molar-refractivity contribution >= 4 is 18.3 Å². The van der Waals surface area contributed by atoms with E-state index in [1.165, 1.54) is 5.56 Å². The van der Waals surface area contributed by atoms with E-state index in [2.05, 4.69) is 10.6 Å². The molecule has 2 rings (SSSR count). The van der Waals surface area contributed by atoms with Gasteiger partial charge in [0, 0.05) is 13.1 Å². The van der Waals surface area contributed by atoms with Gasteiger partial charge in [-0.3, -0.25) is 4.79 Å². The van der Waals surface area contributed by atoms with E-state index in [0.29, 0.717) is 6.54 Å². The quantitative estimate of drug-likeness (QED) is 0.775. The summed E-state index contributed by atoms with van der Waals surface area (Å²) >= 11 is 0. The van der Waals surface area contributed by atoms with Crippen LogP contribution in [0.1, 0.15) is 30.9 Å². The van der Waals surface area contributed by atoms with Crippen LogP contribution in [0.15, 0.2) is 24.3 Å². The Labute approximate surface area is 132 Å². The van der Waals surface area contributed by atoms with Crippen molar-refractivity contribution in [2.24, 2.45) is 5.41 Å². The fourth-order valence-corrected chi connectivity index (χ4v) is 2.60. The number of aliphatic hydroxyl groups is 1. The van der Waals surface area contributed by atoms with Crippen LogP contribution in [0.5, 0.6) is 0 Å². The second-order valence-electron chi connectivity index (χ2n) is 5.82. The zero-order chi connectivity index (χ0) is 14.4. The van der Waals surface area contributed by atoms with Crippen molar-refractivity contribution < 1.29 is 9.90 Å². The first-order valence-corrected chi connectivity index (χ1v) is 7.32. The maximum Gasteiger partial charge on any atom is 0.227 e. The van der Waals surface area contributed by atoms with Gasteiger partial charge in [-0.2, -0.15) is 0 Å². The van der Waals surface area contributed by atoms with Crippen LogP contribution in [0.3, 0.4) is 0 Å². The van der Waals surface area contributed by atoms with Crippen LogP contribution >= 0.6 is 12.4 Å². The number of rotatable bonds is 5. The van der Waals surface area contributed by atoms with Gasteiger partial charge in [0.05, 0.1) is 12.0 Å². The number of carbonyl (C=O) groups excluding carboxylic acids is 1. The minimum atomic E-state index is -0.265. The maximum atomic E-state index is 12.2. The highest BCUT2D eigenvalue weighted by Crippen LogP contribution is 2.25. The number of hydrogen-bond donors (Lipinski definition) is 3.